The summed E-state index contributed by atoms with van der Waals surface area (Å²) in [6.45, 7) is 8.98. The van der Waals surface area contributed by atoms with Crippen LogP contribution in [0.2, 0.25) is 0 Å². The van der Waals surface area contributed by atoms with E-state index in [0.29, 0.717) is 28.4 Å². The highest BCUT2D eigenvalue weighted by atomic mass is 32.2. The Bertz CT molecular complexity index is 1160. The smallest absolute Gasteiger partial charge is 0.260 e. The first-order chi connectivity index (χ1) is 14.9. The Morgan fingerprint density at radius 2 is 1.84 bits per heavy atom. The number of hydrogen-bond acceptors (Lipinski definition) is 5. The molecular weight excluding hydrogens is 424 g/mol. The second-order valence-corrected chi connectivity index (χ2v) is 10.7. The van der Waals surface area contributed by atoms with E-state index in [0.717, 1.165) is 20.9 Å². The molecule has 0 aliphatic carbocycles. The van der Waals surface area contributed by atoms with Gasteiger partial charge in [-0.15, -0.1) is 11.8 Å². The summed E-state index contributed by atoms with van der Waals surface area (Å²) in [5, 5.41) is 1.18. The minimum atomic E-state index is -0.0809. The Morgan fingerprint density at radius 1 is 1.06 bits per heavy atom. The van der Waals surface area contributed by atoms with Crippen LogP contribution in [-0.2, 0) is 6.54 Å². The molecule has 0 saturated heterocycles. The van der Waals surface area contributed by atoms with Crippen LogP contribution in [0.25, 0.3) is 10.2 Å². The van der Waals surface area contributed by atoms with Gasteiger partial charge in [0.1, 0.15) is 5.76 Å². The minimum absolute atomic E-state index is 0.0809. The zero-order valence-corrected chi connectivity index (χ0v) is 19.8. The van der Waals surface area contributed by atoms with Crippen molar-refractivity contribution in [3.63, 3.8) is 0 Å². The average molecular weight is 451 g/mol. The van der Waals surface area contributed by atoms with E-state index in [-0.39, 0.29) is 5.91 Å². The molecule has 2 aromatic heterocycles. The Morgan fingerprint density at radius 3 is 2.48 bits per heavy atom. The van der Waals surface area contributed by atoms with Gasteiger partial charge in [0, 0.05) is 15.7 Å². The number of aromatic nitrogens is 1. The van der Waals surface area contributed by atoms with Crippen molar-refractivity contribution in [1.29, 1.82) is 0 Å². The van der Waals surface area contributed by atoms with Gasteiger partial charge in [-0.2, -0.15) is 0 Å². The fourth-order valence-electron chi connectivity index (χ4n) is 3.43. The van der Waals surface area contributed by atoms with Crippen molar-refractivity contribution in [2.45, 2.75) is 50.3 Å². The van der Waals surface area contributed by atoms with E-state index in [2.05, 4.69) is 45.9 Å². The van der Waals surface area contributed by atoms with Crippen molar-refractivity contribution in [2.75, 3.05) is 4.90 Å². The first-order valence-corrected chi connectivity index (χ1v) is 12.1. The molecule has 4 nitrogen and oxygen atoms in total. The summed E-state index contributed by atoms with van der Waals surface area (Å²) < 4.78 is 6.64. The number of benzene rings is 2. The van der Waals surface area contributed by atoms with Crippen LogP contribution in [0.5, 0.6) is 0 Å². The summed E-state index contributed by atoms with van der Waals surface area (Å²) in [6.07, 6.45) is 1.63. The summed E-state index contributed by atoms with van der Waals surface area (Å²) in [6, 6.07) is 17.8. The molecule has 31 heavy (non-hydrogen) atoms. The lowest BCUT2D eigenvalue weighted by atomic mass is 10.0. The van der Waals surface area contributed by atoms with Gasteiger partial charge in [-0.05, 0) is 53.9 Å². The minimum Gasteiger partial charge on any atom is -0.467 e. The van der Waals surface area contributed by atoms with E-state index in [1.54, 1.807) is 34.3 Å². The van der Waals surface area contributed by atoms with E-state index >= 15 is 0 Å². The number of amides is 1. The number of thioether (sulfide) groups is 1. The number of hydrogen-bond donors (Lipinski definition) is 0. The first-order valence-electron chi connectivity index (χ1n) is 10.4. The maximum absolute atomic E-state index is 13.5. The van der Waals surface area contributed by atoms with Crippen molar-refractivity contribution in [1.82, 2.24) is 4.98 Å². The molecule has 0 saturated carbocycles. The first kappa shape index (κ1) is 21.7. The normalized spacial score (nSPS) is 11.5. The van der Waals surface area contributed by atoms with E-state index in [1.165, 1.54) is 5.56 Å². The van der Waals surface area contributed by atoms with E-state index in [9.17, 15) is 4.79 Å². The topological polar surface area (TPSA) is 46.3 Å². The highest BCUT2D eigenvalue weighted by Gasteiger charge is 2.23. The Kier molecular flexibility index (Phi) is 6.49. The number of rotatable bonds is 7. The van der Waals surface area contributed by atoms with Gasteiger partial charge in [0.05, 0.1) is 23.0 Å². The zero-order valence-electron chi connectivity index (χ0n) is 18.2. The standard InChI is InChI=1S/C25H26N2O2S2/c1-16(2)21-8-5-9-22-23(21)26-25(31-22)27(15-19-7-6-14-29-19)24(28)18-10-12-20(13-11-18)30-17(3)4/h5-14,16-17H,15H2,1-4H3. The van der Waals surface area contributed by atoms with Gasteiger partial charge in [-0.25, -0.2) is 4.98 Å². The second-order valence-electron chi connectivity index (χ2n) is 8.01. The molecule has 0 fully saturated rings. The summed E-state index contributed by atoms with van der Waals surface area (Å²) >= 11 is 3.33. The van der Waals surface area contributed by atoms with Crippen LogP contribution in [0.3, 0.4) is 0 Å². The molecule has 6 heteroatoms. The molecule has 4 rings (SSSR count). The number of carbonyl (C=O) groups is 1. The van der Waals surface area contributed by atoms with Gasteiger partial charge < -0.3 is 4.42 Å². The summed E-state index contributed by atoms with van der Waals surface area (Å²) in [5.74, 6) is 1.00. The Balaban J connectivity index is 1.72. The molecule has 160 valence electrons. The third-order valence-corrected chi connectivity index (χ3v) is 6.96. The maximum Gasteiger partial charge on any atom is 0.260 e. The van der Waals surface area contributed by atoms with Crippen LogP contribution >= 0.6 is 23.1 Å². The van der Waals surface area contributed by atoms with Crippen LogP contribution in [0.1, 0.15) is 55.3 Å². The number of thiazole rings is 1. The fourth-order valence-corrected chi connectivity index (χ4v) is 5.26. The molecule has 0 aliphatic rings. The maximum atomic E-state index is 13.5. The SMILES string of the molecule is CC(C)Sc1ccc(C(=O)N(Cc2ccco2)c2nc3c(C(C)C)cccc3s2)cc1. The van der Waals surface area contributed by atoms with Crippen LogP contribution in [0.4, 0.5) is 5.13 Å². The van der Waals surface area contributed by atoms with Gasteiger partial charge in [0.15, 0.2) is 5.13 Å². The van der Waals surface area contributed by atoms with E-state index in [1.807, 2.05) is 36.4 Å². The van der Waals surface area contributed by atoms with Crippen LogP contribution < -0.4 is 4.90 Å². The number of nitrogens with zero attached hydrogens (tertiary/aromatic N) is 2. The summed E-state index contributed by atoms with van der Waals surface area (Å²) in [4.78, 5) is 21.3. The molecule has 1 amide bonds. The predicted octanol–water partition coefficient (Wildman–Crippen LogP) is 7.36. The average Bonchev–Trinajstić information content (AvgIpc) is 3.40. The van der Waals surface area contributed by atoms with Crippen LogP contribution in [0, 0.1) is 0 Å². The van der Waals surface area contributed by atoms with Gasteiger partial charge in [0.2, 0.25) is 0 Å². The summed E-state index contributed by atoms with van der Waals surface area (Å²) in [7, 11) is 0. The lowest BCUT2D eigenvalue weighted by molar-refractivity contribution is 0.0983. The number of furan rings is 1. The molecule has 4 aromatic rings. The van der Waals surface area contributed by atoms with Crippen molar-refractivity contribution in [2.24, 2.45) is 0 Å². The predicted molar refractivity (Wildman–Crippen MR) is 130 cm³/mol. The number of anilines is 1. The molecule has 0 aliphatic heterocycles. The molecule has 0 N–H and O–H groups in total. The third kappa shape index (κ3) is 4.86. The van der Waals surface area contributed by atoms with Crippen molar-refractivity contribution in [3.05, 3.63) is 77.7 Å². The molecule has 0 radical (unpaired) electrons. The van der Waals surface area contributed by atoms with Crippen LogP contribution in [-0.4, -0.2) is 16.1 Å². The molecule has 0 spiro atoms. The largest absolute Gasteiger partial charge is 0.467 e. The highest BCUT2D eigenvalue weighted by molar-refractivity contribution is 7.99. The number of para-hydroxylation sites is 1. The highest BCUT2D eigenvalue weighted by Crippen LogP contribution is 2.35. The van der Waals surface area contributed by atoms with E-state index in [4.69, 9.17) is 9.40 Å². The van der Waals surface area contributed by atoms with Gasteiger partial charge >= 0.3 is 0 Å². The van der Waals surface area contributed by atoms with Crippen molar-refractivity contribution >= 4 is 44.4 Å². The lowest BCUT2D eigenvalue weighted by Gasteiger charge is -2.19. The van der Waals surface area contributed by atoms with Gasteiger partial charge in [-0.1, -0.05) is 51.2 Å². The quantitative estimate of drug-likeness (QED) is 0.276. The summed E-state index contributed by atoms with van der Waals surface area (Å²) in [5.41, 5.74) is 2.81. The molecule has 0 unspecified atom stereocenters. The van der Waals surface area contributed by atoms with Crippen molar-refractivity contribution in [3.8, 4) is 0 Å². The number of fused-ring (bicyclic) bond motifs is 1. The Hall–Kier alpha value is -2.57. The molecule has 2 aromatic carbocycles. The second kappa shape index (κ2) is 9.28. The zero-order chi connectivity index (χ0) is 22.0. The van der Waals surface area contributed by atoms with E-state index < -0.39 is 0 Å². The van der Waals surface area contributed by atoms with Gasteiger partial charge in [-0.3, -0.25) is 9.69 Å². The molecule has 0 bridgehead atoms. The fraction of sp³-hybridized carbons (Fsp3) is 0.280. The van der Waals surface area contributed by atoms with Crippen LogP contribution in [0.15, 0.2) is 70.2 Å². The van der Waals surface area contributed by atoms with Crippen molar-refractivity contribution < 1.29 is 9.21 Å². The molecular formula is C25H26N2O2S2. The number of carbonyl (C=O) groups excluding carboxylic acids is 1. The van der Waals surface area contributed by atoms with Gasteiger partial charge in [0.25, 0.3) is 5.91 Å². The molecule has 0 atom stereocenters. The third-order valence-electron chi connectivity index (χ3n) is 4.90. The lowest BCUT2D eigenvalue weighted by Crippen LogP contribution is -2.30. The Labute approximate surface area is 191 Å². The monoisotopic (exact) mass is 450 g/mol. The molecule has 2 heterocycles.